The molecule has 0 radical (unpaired) electrons. The number of piperidine rings is 1. The molecule has 1 amide bonds. The number of anilines is 2. The Balaban J connectivity index is 1.96. The van der Waals surface area contributed by atoms with Crippen molar-refractivity contribution in [1.82, 2.24) is 10.3 Å². The standard InChI is InChI=1S/C12H16N4O/c13-12-9-6-11(17)16(10(9)3-5-15-12)8-2-1-4-14-7-8/h3,5,8,14H,1-2,4,6-7H2,(H2,13,15)/t8-/m1/s1. The minimum absolute atomic E-state index is 0.147. The second-order valence-corrected chi connectivity index (χ2v) is 4.63. The Labute approximate surface area is 100 Å². The molecule has 1 aromatic rings. The molecule has 1 saturated heterocycles. The number of fused-ring (bicyclic) bond motifs is 1. The number of hydrogen-bond donors (Lipinski definition) is 2. The average molecular weight is 232 g/mol. The van der Waals surface area contributed by atoms with E-state index in [0.29, 0.717) is 12.2 Å². The smallest absolute Gasteiger partial charge is 0.231 e. The highest BCUT2D eigenvalue weighted by atomic mass is 16.2. The van der Waals surface area contributed by atoms with Gasteiger partial charge in [0.05, 0.1) is 12.1 Å². The lowest BCUT2D eigenvalue weighted by atomic mass is 10.1. The van der Waals surface area contributed by atoms with E-state index < -0.39 is 0 Å². The van der Waals surface area contributed by atoms with Crippen LogP contribution in [0.2, 0.25) is 0 Å². The van der Waals surface area contributed by atoms with Gasteiger partial charge in [-0.25, -0.2) is 4.98 Å². The second-order valence-electron chi connectivity index (χ2n) is 4.63. The summed E-state index contributed by atoms with van der Waals surface area (Å²) in [6.45, 7) is 1.91. The maximum atomic E-state index is 12.1. The molecule has 0 aliphatic carbocycles. The van der Waals surface area contributed by atoms with Crippen LogP contribution in [0.25, 0.3) is 0 Å². The summed E-state index contributed by atoms with van der Waals surface area (Å²) in [5.41, 5.74) is 7.67. The Morgan fingerprint density at radius 1 is 1.53 bits per heavy atom. The van der Waals surface area contributed by atoms with E-state index in [0.717, 1.165) is 37.2 Å². The number of carbonyl (C=O) groups is 1. The number of nitrogens with zero attached hydrogens (tertiary/aromatic N) is 2. The second kappa shape index (κ2) is 4.00. The lowest BCUT2D eigenvalue weighted by Crippen LogP contribution is -2.47. The fourth-order valence-electron chi connectivity index (χ4n) is 2.73. The zero-order valence-electron chi connectivity index (χ0n) is 9.65. The van der Waals surface area contributed by atoms with Gasteiger partial charge < -0.3 is 16.0 Å². The molecule has 2 aliphatic heterocycles. The van der Waals surface area contributed by atoms with Crippen LogP contribution in [-0.2, 0) is 11.2 Å². The van der Waals surface area contributed by atoms with Crippen LogP contribution in [-0.4, -0.2) is 30.0 Å². The molecule has 5 nitrogen and oxygen atoms in total. The summed E-state index contributed by atoms with van der Waals surface area (Å²) in [5, 5.41) is 3.34. The van der Waals surface area contributed by atoms with E-state index in [2.05, 4.69) is 10.3 Å². The summed E-state index contributed by atoms with van der Waals surface area (Å²) in [6, 6.07) is 2.16. The van der Waals surface area contributed by atoms with Gasteiger partial charge in [0.2, 0.25) is 5.91 Å². The van der Waals surface area contributed by atoms with Crippen LogP contribution < -0.4 is 16.0 Å². The van der Waals surface area contributed by atoms with Gasteiger partial charge in [-0.3, -0.25) is 4.79 Å². The van der Waals surface area contributed by atoms with E-state index in [4.69, 9.17) is 5.73 Å². The molecule has 3 heterocycles. The first kappa shape index (κ1) is 10.5. The SMILES string of the molecule is Nc1nccc2c1CC(=O)N2[C@@H]1CCCNC1. The van der Waals surface area contributed by atoms with Gasteiger partial charge in [0.1, 0.15) is 5.82 Å². The highest BCUT2D eigenvalue weighted by Gasteiger charge is 2.34. The lowest BCUT2D eigenvalue weighted by Gasteiger charge is -2.32. The number of nitrogen functional groups attached to an aromatic ring is 1. The van der Waals surface area contributed by atoms with Gasteiger partial charge in [-0.2, -0.15) is 0 Å². The zero-order valence-corrected chi connectivity index (χ0v) is 9.65. The molecule has 1 aromatic heterocycles. The van der Waals surface area contributed by atoms with Gasteiger partial charge in [-0.05, 0) is 25.5 Å². The molecule has 1 fully saturated rings. The number of nitrogens with two attached hydrogens (primary N) is 1. The van der Waals surface area contributed by atoms with Gasteiger partial charge in [-0.15, -0.1) is 0 Å². The number of amides is 1. The maximum absolute atomic E-state index is 12.1. The van der Waals surface area contributed by atoms with Crippen LogP contribution in [0.5, 0.6) is 0 Å². The Hall–Kier alpha value is -1.62. The van der Waals surface area contributed by atoms with Crippen molar-refractivity contribution in [3.05, 3.63) is 17.8 Å². The van der Waals surface area contributed by atoms with Gasteiger partial charge >= 0.3 is 0 Å². The van der Waals surface area contributed by atoms with Crippen molar-refractivity contribution in [2.24, 2.45) is 0 Å². The Morgan fingerprint density at radius 2 is 2.41 bits per heavy atom. The fourth-order valence-corrected chi connectivity index (χ4v) is 2.73. The third kappa shape index (κ3) is 1.67. The predicted molar refractivity (Wildman–Crippen MR) is 65.7 cm³/mol. The van der Waals surface area contributed by atoms with Gasteiger partial charge in [-0.1, -0.05) is 0 Å². The highest BCUT2D eigenvalue weighted by molar-refractivity contribution is 6.03. The molecule has 2 aliphatic rings. The van der Waals surface area contributed by atoms with Crippen molar-refractivity contribution < 1.29 is 4.79 Å². The lowest BCUT2D eigenvalue weighted by molar-refractivity contribution is -0.117. The van der Waals surface area contributed by atoms with E-state index in [1.807, 2.05) is 11.0 Å². The Kier molecular flexibility index (Phi) is 2.48. The van der Waals surface area contributed by atoms with Crippen LogP contribution >= 0.6 is 0 Å². The number of aromatic nitrogens is 1. The van der Waals surface area contributed by atoms with Crippen molar-refractivity contribution in [1.29, 1.82) is 0 Å². The number of pyridine rings is 1. The normalized spacial score (nSPS) is 23.9. The van der Waals surface area contributed by atoms with Crippen LogP contribution in [0.3, 0.4) is 0 Å². The molecular weight excluding hydrogens is 216 g/mol. The van der Waals surface area contributed by atoms with Crippen LogP contribution in [0.4, 0.5) is 11.5 Å². The third-order valence-electron chi connectivity index (χ3n) is 3.56. The maximum Gasteiger partial charge on any atom is 0.231 e. The zero-order chi connectivity index (χ0) is 11.8. The first-order valence-electron chi connectivity index (χ1n) is 6.03. The van der Waals surface area contributed by atoms with Crippen LogP contribution in [0.1, 0.15) is 18.4 Å². The van der Waals surface area contributed by atoms with Gasteiger partial charge in [0.15, 0.2) is 0 Å². The predicted octanol–water partition coefficient (Wildman–Crippen LogP) is 0.305. The van der Waals surface area contributed by atoms with E-state index in [9.17, 15) is 4.79 Å². The quantitative estimate of drug-likeness (QED) is 0.731. The van der Waals surface area contributed by atoms with Crippen molar-refractivity contribution in [2.75, 3.05) is 23.7 Å². The van der Waals surface area contributed by atoms with Crippen molar-refractivity contribution in [3.63, 3.8) is 0 Å². The van der Waals surface area contributed by atoms with E-state index in [1.165, 1.54) is 0 Å². The monoisotopic (exact) mass is 232 g/mol. The topological polar surface area (TPSA) is 71.2 Å². The van der Waals surface area contributed by atoms with E-state index in [1.54, 1.807) is 6.20 Å². The molecule has 3 N–H and O–H groups in total. The number of rotatable bonds is 1. The number of hydrogen-bond acceptors (Lipinski definition) is 4. The van der Waals surface area contributed by atoms with Crippen LogP contribution in [0.15, 0.2) is 12.3 Å². The first-order chi connectivity index (χ1) is 8.27. The van der Waals surface area contributed by atoms with Crippen LogP contribution in [0, 0.1) is 0 Å². The minimum Gasteiger partial charge on any atom is -0.383 e. The molecule has 5 heteroatoms. The van der Waals surface area contributed by atoms with Crippen molar-refractivity contribution in [3.8, 4) is 0 Å². The molecule has 0 spiro atoms. The molecule has 17 heavy (non-hydrogen) atoms. The fraction of sp³-hybridized carbons (Fsp3) is 0.500. The minimum atomic E-state index is 0.147. The summed E-state index contributed by atoms with van der Waals surface area (Å²) >= 11 is 0. The van der Waals surface area contributed by atoms with E-state index >= 15 is 0 Å². The summed E-state index contributed by atoms with van der Waals surface area (Å²) in [7, 11) is 0. The molecule has 0 unspecified atom stereocenters. The molecule has 90 valence electrons. The molecule has 0 saturated carbocycles. The largest absolute Gasteiger partial charge is 0.383 e. The molecular formula is C12H16N4O. The number of carbonyl (C=O) groups excluding carboxylic acids is 1. The summed E-state index contributed by atoms with van der Waals surface area (Å²) in [5.74, 6) is 0.635. The summed E-state index contributed by atoms with van der Waals surface area (Å²) in [6.07, 6.45) is 4.24. The van der Waals surface area contributed by atoms with Crippen molar-refractivity contribution >= 4 is 17.4 Å². The highest BCUT2D eigenvalue weighted by Crippen LogP contribution is 2.34. The van der Waals surface area contributed by atoms with Gasteiger partial charge in [0.25, 0.3) is 0 Å². The Bertz CT molecular complexity index is 454. The van der Waals surface area contributed by atoms with Gasteiger partial charge in [0, 0.05) is 24.3 Å². The summed E-state index contributed by atoms with van der Waals surface area (Å²) < 4.78 is 0. The Morgan fingerprint density at radius 3 is 3.18 bits per heavy atom. The van der Waals surface area contributed by atoms with Crippen molar-refractivity contribution in [2.45, 2.75) is 25.3 Å². The number of nitrogens with one attached hydrogen (secondary N) is 1. The van der Waals surface area contributed by atoms with E-state index in [-0.39, 0.29) is 11.9 Å². The first-order valence-corrected chi connectivity index (χ1v) is 6.03. The summed E-state index contributed by atoms with van der Waals surface area (Å²) in [4.78, 5) is 18.0. The molecule has 3 rings (SSSR count). The molecule has 0 bridgehead atoms. The molecule has 1 atom stereocenters. The molecule has 0 aromatic carbocycles. The average Bonchev–Trinajstić information content (AvgIpc) is 2.68. The third-order valence-corrected chi connectivity index (χ3v) is 3.56.